The van der Waals surface area contributed by atoms with Crippen molar-refractivity contribution in [3.8, 4) is 0 Å². The van der Waals surface area contributed by atoms with Crippen LogP contribution in [-0.2, 0) is 13.0 Å². The number of hydrogen-bond donors (Lipinski definition) is 1. The minimum atomic E-state index is -0.231. The number of likely N-dealkylation sites (tertiary alicyclic amines) is 1. The summed E-state index contributed by atoms with van der Waals surface area (Å²) in [7, 11) is 0. The molecule has 1 aromatic heterocycles. The number of piperidine rings is 1. The molecule has 0 bridgehead atoms. The molecule has 4 rings (SSSR count). The second-order valence-corrected chi connectivity index (χ2v) is 8.57. The summed E-state index contributed by atoms with van der Waals surface area (Å²) in [6, 6.07) is 5.88. The minimum absolute atomic E-state index is 0.0368. The fraction of sp³-hybridized carbons (Fsp3) is 0.522. The van der Waals surface area contributed by atoms with Crippen LogP contribution in [0.4, 0.5) is 5.69 Å². The number of amides is 2. The summed E-state index contributed by atoms with van der Waals surface area (Å²) in [6.07, 6.45) is 4.87. The van der Waals surface area contributed by atoms with Crippen molar-refractivity contribution in [3.05, 3.63) is 46.5 Å². The molecule has 1 saturated heterocycles. The number of anilines is 1. The van der Waals surface area contributed by atoms with Gasteiger partial charge in [0.25, 0.3) is 11.8 Å². The highest BCUT2D eigenvalue weighted by atomic mass is 16.2. The van der Waals surface area contributed by atoms with Crippen LogP contribution >= 0.6 is 0 Å². The van der Waals surface area contributed by atoms with Gasteiger partial charge < -0.3 is 14.8 Å². The monoisotopic (exact) mass is 394 g/mol. The maximum Gasteiger partial charge on any atom is 0.289 e. The summed E-state index contributed by atoms with van der Waals surface area (Å²) < 4.78 is 1.99. The Morgan fingerprint density at radius 1 is 1.07 bits per heavy atom. The molecule has 0 aliphatic carbocycles. The van der Waals surface area contributed by atoms with Crippen molar-refractivity contribution in [2.75, 3.05) is 18.4 Å². The summed E-state index contributed by atoms with van der Waals surface area (Å²) >= 11 is 0. The summed E-state index contributed by atoms with van der Waals surface area (Å²) in [4.78, 5) is 32.7. The first-order valence-electron chi connectivity index (χ1n) is 10.7. The number of fused-ring (bicyclic) bond motifs is 1. The standard InChI is InChI=1S/C23H30N4O2/c1-15-9-12-26(13-10-15)23(29)21-25-20(19-6-4-5-11-27(19)21)22(28)24-18-8-7-16(2)17(3)14-18/h7-8,14-15H,4-6,9-13H2,1-3H3,(H,24,28). The molecule has 2 aliphatic rings. The van der Waals surface area contributed by atoms with E-state index in [1.165, 1.54) is 5.56 Å². The molecule has 0 atom stereocenters. The first-order valence-corrected chi connectivity index (χ1v) is 10.7. The molecular weight excluding hydrogens is 364 g/mol. The van der Waals surface area contributed by atoms with Crippen LogP contribution in [0, 0.1) is 19.8 Å². The van der Waals surface area contributed by atoms with Crippen LogP contribution in [0.2, 0.25) is 0 Å². The molecule has 3 heterocycles. The third kappa shape index (κ3) is 3.93. The Balaban J connectivity index is 1.61. The zero-order valence-corrected chi connectivity index (χ0v) is 17.6. The fourth-order valence-electron chi connectivity index (χ4n) is 4.25. The van der Waals surface area contributed by atoms with Gasteiger partial charge in [0, 0.05) is 25.3 Å². The molecule has 1 aromatic carbocycles. The van der Waals surface area contributed by atoms with Crippen molar-refractivity contribution in [2.45, 2.75) is 59.4 Å². The Hall–Kier alpha value is -2.63. The van der Waals surface area contributed by atoms with E-state index in [0.29, 0.717) is 17.4 Å². The zero-order valence-electron chi connectivity index (χ0n) is 17.6. The average Bonchev–Trinajstić information content (AvgIpc) is 3.11. The average molecular weight is 395 g/mol. The normalized spacial score (nSPS) is 17.1. The molecule has 0 unspecified atom stereocenters. The largest absolute Gasteiger partial charge is 0.336 e. The van der Waals surface area contributed by atoms with Crippen molar-refractivity contribution < 1.29 is 9.59 Å². The maximum atomic E-state index is 13.2. The van der Waals surface area contributed by atoms with Gasteiger partial charge in [-0.05, 0) is 75.1 Å². The van der Waals surface area contributed by atoms with E-state index in [0.717, 1.165) is 68.7 Å². The van der Waals surface area contributed by atoms with Crippen LogP contribution in [0.1, 0.15) is 70.5 Å². The molecule has 0 spiro atoms. The van der Waals surface area contributed by atoms with Crippen LogP contribution in [0.25, 0.3) is 0 Å². The second-order valence-electron chi connectivity index (χ2n) is 8.57. The molecule has 0 radical (unpaired) electrons. The number of benzene rings is 1. The summed E-state index contributed by atoms with van der Waals surface area (Å²) in [5.74, 6) is 0.822. The Bertz CT molecular complexity index is 939. The second kappa shape index (κ2) is 8.01. The van der Waals surface area contributed by atoms with E-state index >= 15 is 0 Å². The van der Waals surface area contributed by atoms with Gasteiger partial charge in [-0.3, -0.25) is 9.59 Å². The zero-order chi connectivity index (χ0) is 20.5. The van der Waals surface area contributed by atoms with Crippen LogP contribution < -0.4 is 5.32 Å². The lowest BCUT2D eigenvalue weighted by molar-refractivity contribution is 0.0678. The van der Waals surface area contributed by atoms with Gasteiger partial charge in [0.05, 0.1) is 5.69 Å². The number of nitrogens with zero attached hydrogens (tertiary/aromatic N) is 3. The Morgan fingerprint density at radius 3 is 2.55 bits per heavy atom. The van der Waals surface area contributed by atoms with Gasteiger partial charge in [-0.1, -0.05) is 13.0 Å². The molecular formula is C23H30N4O2. The van der Waals surface area contributed by atoms with E-state index in [9.17, 15) is 9.59 Å². The highest BCUT2D eigenvalue weighted by Crippen LogP contribution is 2.25. The molecule has 29 heavy (non-hydrogen) atoms. The number of aryl methyl sites for hydroxylation is 2. The molecule has 6 nitrogen and oxygen atoms in total. The first kappa shape index (κ1) is 19.7. The highest BCUT2D eigenvalue weighted by Gasteiger charge is 2.31. The molecule has 2 amide bonds. The van der Waals surface area contributed by atoms with Crippen LogP contribution in [-0.4, -0.2) is 39.4 Å². The van der Waals surface area contributed by atoms with Crippen molar-refractivity contribution >= 4 is 17.5 Å². The number of imidazole rings is 1. The summed E-state index contributed by atoms with van der Waals surface area (Å²) in [5, 5.41) is 2.97. The molecule has 2 aromatic rings. The fourth-order valence-corrected chi connectivity index (χ4v) is 4.25. The third-order valence-electron chi connectivity index (χ3n) is 6.36. The number of aromatic nitrogens is 2. The number of carbonyl (C=O) groups is 2. The number of nitrogens with one attached hydrogen (secondary N) is 1. The lowest BCUT2D eigenvalue weighted by Gasteiger charge is -2.30. The van der Waals surface area contributed by atoms with E-state index in [1.807, 2.05) is 41.5 Å². The SMILES string of the molecule is Cc1ccc(NC(=O)c2nc(C(=O)N3CCC(C)CC3)n3c2CCCC3)cc1C. The lowest BCUT2D eigenvalue weighted by Crippen LogP contribution is -2.39. The van der Waals surface area contributed by atoms with Crippen LogP contribution in [0.3, 0.4) is 0 Å². The Kier molecular flexibility index (Phi) is 5.43. The summed E-state index contributed by atoms with van der Waals surface area (Å²) in [6.45, 7) is 8.60. The van der Waals surface area contributed by atoms with Crippen molar-refractivity contribution in [1.82, 2.24) is 14.5 Å². The van der Waals surface area contributed by atoms with Gasteiger partial charge in [0.1, 0.15) is 0 Å². The minimum Gasteiger partial charge on any atom is -0.336 e. The first-order chi connectivity index (χ1) is 13.9. The van der Waals surface area contributed by atoms with Gasteiger partial charge in [-0.25, -0.2) is 4.98 Å². The molecule has 1 fully saturated rings. The number of rotatable bonds is 3. The molecule has 0 saturated carbocycles. The number of hydrogen-bond acceptors (Lipinski definition) is 3. The van der Waals surface area contributed by atoms with E-state index < -0.39 is 0 Å². The lowest BCUT2D eigenvalue weighted by atomic mass is 9.99. The quantitative estimate of drug-likeness (QED) is 0.857. The summed E-state index contributed by atoms with van der Waals surface area (Å²) in [5.41, 5.74) is 4.37. The van der Waals surface area contributed by atoms with E-state index in [-0.39, 0.29) is 11.8 Å². The predicted molar refractivity (Wildman–Crippen MR) is 113 cm³/mol. The maximum absolute atomic E-state index is 13.2. The van der Waals surface area contributed by atoms with Gasteiger partial charge >= 0.3 is 0 Å². The van der Waals surface area contributed by atoms with Gasteiger partial charge in [-0.15, -0.1) is 0 Å². The van der Waals surface area contributed by atoms with E-state index in [4.69, 9.17) is 0 Å². The van der Waals surface area contributed by atoms with Crippen LogP contribution in [0.15, 0.2) is 18.2 Å². The van der Waals surface area contributed by atoms with E-state index in [1.54, 1.807) is 0 Å². The van der Waals surface area contributed by atoms with Crippen LogP contribution in [0.5, 0.6) is 0 Å². The Morgan fingerprint density at radius 2 is 1.83 bits per heavy atom. The van der Waals surface area contributed by atoms with E-state index in [2.05, 4.69) is 17.2 Å². The topological polar surface area (TPSA) is 67.2 Å². The molecule has 2 aliphatic heterocycles. The van der Waals surface area contributed by atoms with Gasteiger partial charge in [-0.2, -0.15) is 0 Å². The predicted octanol–water partition coefficient (Wildman–Crippen LogP) is 3.96. The molecule has 154 valence electrons. The highest BCUT2D eigenvalue weighted by molar-refractivity contribution is 6.05. The molecule has 6 heteroatoms. The smallest absolute Gasteiger partial charge is 0.289 e. The number of carbonyl (C=O) groups excluding carboxylic acids is 2. The third-order valence-corrected chi connectivity index (χ3v) is 6.36. The van der Waals surface area contributed by atoms with Crippen molar-refractivity contribution in [3.63, 3.8) is 0 Å². The van der Waals surface area contributed by atoms with Crippen molar-refractivity contribution in [1.29, 1.82) is 0 Å². The van der Waals surface area contributed by atoms with Gasteiger partial charge in [0.2, 0.25) is 0 Å². The van der Waals surface area contributed by atoms with Gasteiger partial charge in [0.15, 0.2) is 11.5 Å². The Labute approximate surface area is 172 Å². The molecule has 1 N–H and O–H groups in total. The van der Waals surface area contributed by atoms with Crippen molar-refractivity contribution in [2.24, 2.45) is 5.92 Å².